The van der Waals surface area contributed by atoms with E-state index in [1.807, 2.05) is 60.7 Å². The van der Waals surface area contributed by atoms with Crippen LogP contribution in [0, 0.1) is 0 Å². The highest BCUT2D eigenvalue weighted by atomic mass is 16.3. The number of rotatable bonds is 5. The molecule has 4 nitrogen and oxygen atoms in total. The minimum absolute atomic E-state index is 0.119. The maximum absolute atomic E-state index is 10.8. The Kier molecular flexibility index (Phi) is 5.92. The monoisotopic (exact) mass is 570 g/mol. The van der Waals surface area contributed by atoms with E-state index >= 15 is 0 Å². The smallest absolute Gasteiger partial charge is 0.159 e. The highest BCUT2D eigenvalue weighted by Gasteiger charge is 2.36. The number of anilines is 3. The zero-order valence-electron chi connectivity index (χ0n) is 24.5. The SMILES string of the molecule is CC1(C)c2ccccc2-c2ccc(N(c3ccc(O)c(N=Cc4ccccc4)c3)c3cccc4c3oc3ccccc34)cc21. The summed E-state index contributed by atoms with van der Waals surface area (Å²) in [6.45, 7) is 4.59. The molecule has 0 radical (unpaired) electrons. The van der Waals surface area contributed by atoms with Gasteiger partial charge in [-0.25, -0.2) is 0 Å². The van der Waals surface area contributed by atoms with E-state index in [0.29, 0.717) is 5.69 Å². The number of aromatic hydroxyl groups is 1. The zero-order valence-corrected chi connectivity index (χ0v) is 24.5. The molecule has 8 rings (SSSR count). The van der Waals surface area contributed by atoms with Crippen molar-refractivity contribution in [3.63, 3.8) is 0 Å². The van der Waals surface area contributed by atoms with Crippen LogP contribution in [-0.4, -0.2) is 11.3 Å². The van der Waals surface area contributed by atoms with Gasteiger partial charge in [0, 0.05) is 33.8 Å². The van der Waals surface area contributed by atoms with Gasteiger partial charge in [-0.2, -0.15) is 0 Å². The average molecular weight is 571 g/mol. The summed E-state index contributed by atoms with van der Waals surface area (Å²) in [6.07, 6.45) is 1.78. The van der Waals surface area contributed by atoms with Gasteiger partial charge in [0.1, 0.15) is 17.0 Å². The lowest BCUT2D eigenvalue weighted by atomic mass is 9.82. The molecular formula is C40H30N2O2. The molecule has 6 aromatic carbocycles. The number of hydrogen-bond donors (Lipinski definition) is 1. The molecule has 212 valence electrons. The Morgan fingerprint density at radius 3 is 2.25 bits per heavy atom. The fraction of sp³-hybridized carbons (Fsp3) is 0.0750. The first kappa shape index (κ1) is 26.1. The van der Waals surface area contributed by atoms with Crippen molar-refractivity contribution in [2.75, 3.05) is 4.90 Å². The molecule has 0 amide bonds. The molecule has 1 heterocycles. The lowest BCUT2D eigenvalue weighted by Crippen LogP contribution is -2.16. The molecular weight excluding hydrogens is 540 g/mol. The summed E-state index contributed by atoms with van der Waals surface area (Å²) in [5.41, 5.74) is 10.9. The second-order valence-corrected chi connectivity index (χ2v) is 11.8. The molecule has 0 saturated carbocycles. The lowest BCUT2D eigenvalue weighted by Gasteiger charge is -2.28. The van der Waals surface area contributed by atoms with E-state index in [-0.39, 0.29) is 11.2 Å². The van der Waals surface area contributed by atoms with Crippen LogP contribution >= 0.6 is 0 Å². The van der Waals surface area contributed by atoms with E-state index in [1.165, 1.54) is 22.3 Å². The quantitative estimate of drug-likeness (QED) is 0.209. The number of phenolic OH excluding ortho intramolecular Hbond substituents is 1. The summed E-state index contributed by atoms with van der Waals surface area (Å²) in [6, 6.07) is 45.3. The first-order valence-electron chi connectivity index (χ1n) is 14.9. The molecule has 1 aliphatic carbocycles. The van der Waals surface area contributed by atoms with Gasteiger partial charge in [-0.15, -0.1) is 0 Å². The van der Waals surface area contributed by atoms with E-state index in [2.05, 4.69) is 90.5 Å². The number of phenols is 1. The number of fused-ring (bicyclic) bond motifs is 6. The second-order valence-electron chi connectivity index (χ2n) is 11.8. The fourth-order valence-corrected chi connectivity index (χ4v) is 6.60. The molecule has 1 N–H and O–H groups in total. The Labute approximate surface area is 256 Å². The van der Waals surface area contributed by atoms with Crippen LogP contribution in [0.25, 0.3) is 33.1 Å². The van der Waals surface area contributed by atoms with Gasteiger partial charge in [0.15, 0.2) is 5.58 Å². The van der Waals surface area contributed by atoms with Crippen molar-refractivity contribution in [2.45, 2.75) is 19.3 Å². The van der Waals surface area contributed by atoms with Crippen molar-refractivity contribution >= 4 is 50.9 Å². The van der Waals surface area contributed by atoms with E-state index < -0.39 is 0 Å². The third-order valence-electron chi connectivity index (χ3n) is 8.82. The summed E-state index contributed by atoms with van der Waals surface area (Å²) in [5.74, 6) is 0.119. The first-order valence-corrected chi connectivity index (χ1v) is 14.9. The van der Waals surface area contributed by atoms with Crippen molar-refractivity contribution in [3.8, 4) is 16.9 Å². The van der Waals surface area contributed by atoms with Crippen LogP contribution in [-0.2, 0) is 5.41 Å². The average Bonchev–Trinajstić information content (AvgIpc) is 3.55. The van der Waals surface area contributed by atoms with Gasteiger partial charge >= 0.3 is 0 Å². The minimum atomic E-state index is -0.154. The van der Waals surface area contributed by atoms with Crippen molar-refractivity contribution < 1.29 is 9.52 Å². The molecule has 1 aliphatic rings. The lowest BCUT2D eigenvalue weighted by molar-refractivity contribution is 0.477. The summed E-state index contributed by atoms with van der Waals surface area (Å²) in [4.78, 5) is 6.90. The summed E-state index contributed by atoms with van der Waals surface area (Å²) in [7, 11) is 0. The van der Waals surface area contributed by atoms with Crippen LogP contribution in [0.15, 0.2) is 143 Å². The first-order chi connectivity index (χ1) is 21.5. The minimum Gasteiger partial charge on any atom is -0.506 e. The van der Waals surface area contributed by atoms with E-state index in [4.69, 9.17) is 4.42 Å². The standard InChI is InChI=1S/C40H30N2O2/c1-40(2)33-16-8-6-13-29(33)30-21-19-27(23-34(30)40)42(36-17-10-15-32-31-14-7-9-18-38(31)44-39(32)36)28-20-22-37(43)35(24-28)41-25-26-11-4-3-5-12-26/h3-25,43H,1-2H3. The van der Waals surface area contributed by atoms with Crippen molar-refractivity contribution in [1.82, 2.24) is 0 Å². The molecule has 0 bridgehead atoms. The molecule has 7 aromatic rings. The maximum atomic E-state index is 10.8. The second kappa shape index (κ2) is 9.99. The maximum Gasteiger partial charge on any atom is 0.159 e. The highest BCUT2D eigenvalue weighted by molar-refractivity contribution is 6.10. The Morgan fingerprint density at radius 1 is 0.659 bits per heavy atom. The van der Waals surface area contributed by atoms with E-state index in [0.717, 1.165) is 44.6 Å². The zero-order chi connectivity index (χ0) is 29.8. The number of aliphatic imine (C=N–C) groups is 1. The molecule has 44 heavy (non-hydrogen) atoms. The number of benzene rings is 6. The van der Waals surface area contributed by atoms with Crippen LogP contribution in [0.5, 0.6) is 5.75 Å². The Bertz CT molecular complexity index is 2230. The summed E-state index contributed by atoms with van der Waals surface area (Å²) >= 11 is 0. The molecule has 0 spiro atoms. The Hall–Kier alpha value is -5.61. The van der Waals surface area contributed by atoms with Gasteiger partial charge in [-0.05, 0) is 70.3 Å². The van der Waals surface area contributed by atoms with Crippen LogP contribution in [0.4, 0.5) is 22.7 Å². The van der Waals surface area contributed by atoms with Gasteiger partial charge in [0.05, 0.1) is 5.69 Å². The molecule has 0 unspecified atom stereocenters. The van der Waals surface area contributed by atoms with Crippen molar-refractivity contribution in [2.24, 2.45) is 4.99 Å². The number of hydrogen-bond acceptors (Lipinski definition) is 4. The van der Waals surface area contributed by atoms with Crippen molar-refractivity contribution in [1.29, 1.82) is 0 Å². The van der Waals surface area contributed by atoms with Gasteiger partial charge in [0.25, 0.3) is 0 Å². The third-order valence-corrected chi connectivity index (χ3v) is 8.82. The largest absolute Gasteiger partial charge is 0.506 e. The third kappa shape index (κ3) is 4.10. The number of para-hydroxylation sites is 2. The Balaban J connectivity index is 1.34. The van der Waals surface area contributed by atoms with Crippen LogP contribution in [0.2, 0.25) is 0 Å². The van der Waals surface area contributed by atoms with Crippen LogP contribution in [0.3, 0.4) is 0 Å². The van der Waals surface area contributed by atoms with Gasteiger partial charge < -0.3 is 14.4 Å². The van der Waals surface area contributed by atoms with Gasteiger partial charge in [-0.3, -0.25) is 4.99 Å². The Morgan fingerprint density at radius 2 is 1.36 bits per heavy atom. The number of furan rings is 1. The van der Waals surface area contributed by atoms with Gasteiger partial charge in [0.2, 0.25) is 0 Å². The molecule has 1 aromatic heterocycles. The molecule has 4 heteroatoms. The summed E-state index contributed by atoms with van der Waals surface area (Å²) in [5, 5.41) is 13.0. The highest BCUT2D eigenvalue weighted by Crippen LogP contribution is 2.51. The van der Waals surface area contributed by atoms with Crippen LogP contribution < -0.4 is 4.90 Å². The predicted molar refractivity (Wildman–Crippen MR) is 181 cm³/mol. The molecule has 0 saturated heterocycles. The normalized spacial score (nSPS) is 13.4. The molecule has 0 aliphatic heterocycles. The van der Waals surface area contributed by atoms with E-state index in [1.54, 1.807) is 12.3 Å². The predicted octanol–water partition coefficient (Wildman–Crippen LogP) is 10.8. The van der Waals surface area contributed by atoms with Crippen molar-refractivity contribution in [3.05, 3.63) is 150 Å². The van der Waals surface area contributed by atoms with Crippen LogP contribution in [0.1, 0.15) is 30.5 Å². The molecule has 0 fully saturated rings. The molecule has 0 atom stereocenters. The fourth-order valence-electron chi connectivity index (χ4n) is 6.60. The number of nitrogens with zero attached hydrogens (tertiary/aromatic N) is 2. The topological polar surface area (TPSA) is 49.0 Å². The van der Waals surface area contributed by atoms with Gasteiger partial charge in [-0.1, -0.05) is 105 Å². The summed E-state index contributed by atoms with van der Waals surface area (Å²) < 4.78 is 6.53. The van der Waals surface area contributed by atoms with E-state index in [9.17, 15) is 5.11 Å².